The lowest BCUT2D eigenvalue weighted by Crippen LogP contribution is -2.31. The molecular formula is C12H18N4. The summed E-state index contributed by atoms with van der Waals surface area (Å²) >= 11 is 0. The maximum atomic E-state index is 8.81. The molecule has 0 aliphatic carbocycles. The monoisotopic (exact) mass is 218 g/mol. The molecule has 0 amide bonds. The normalized spacial score (nSPS) is 13.0. The van der Waals surface area contributed by atoms with E-state index < -0.39 is 0 Å². The molecule has 0 spiro atoms. The van der Waals surface area contributed by atoms with Crippen LogP contribution in [0.3, 0.4) is 0 Å². The molecule has 1 N–H and O–H groups in total. The number of nitrogens with one attached hydrogen (secondary N) is 1. The number of anilines is 1. The highest BCUT2D eigenvalue weighted by atomic mass is 15.1. The van der Waals surface area contributed by atoms with Crippen molar-refractivity contribution in [1.29, 1.82) is 5.26 Å². The number of aryl methyl sites for hydroxylation is 1. The van der Waals surface area contributed by atoms with E-state index in [2.05, 4.69) is 43.0 Å². The number of aromatic nitrogens is 2. The molecule has 0 aromatic carbocycles. The Morgan fingerprint density at radius 2 is 2.00 bits per heavy atom. The number of nitrogens with zero attached hydrogens (tertiary/aromatic N) is 3. The van der Waals surface area contributed by atoms with Crippen molar-refractivity contribution in [3.8, 4) is 6.07 Å². The molecule has 4 heteroatoms. The molecule has 1 atom stereocenters. The predicted octanol–water partition coefficient (Wildman–Crippen LogP) is 2.50. The Labute approximate surface area is 96.7 Å². The third kappa shape index (κ3) is 3.20. The Kier molecular flexibility index (Phi) is 3.48. The Bertz CT molecular complexity index is 412. The number of hydrogen-bond acceptors (Lipinski definition) is 4. The van der Waals surface area contributed by atoms with Crippen LogP contribution in [-0.4, -0.2) is 16.0 Å². The first-order valence-electron chi connectivity index (χ1n) is 5.35. The van der Waals surface area contributed by atoms with Gasteiger partial charge in [0.15, 0.2) is 0 Å². The molecule has 0 aliphatic heterocycles. The van der Waals surface area contributed by atoms with E-state index in [1.54, 1.807) is 6.07 Å². The Hall–Kier alpha value is -1.63. The van der Waals surface area contributed by atoms with Gasteiger partial charge in [0.05, 0.1) is 0 Å². The Morgan fingerprint density at radius 1 is 1.38 bits per heavy atom. The van der Waals surface area contributed by atoms with Gasteiger partial charge in [0.1, 0.15) is 11.8 Å². The summed E-state index contributed by atoms with van der Waals surface area (Å²) in [4.78, 5) is 8.38. The largest absolute Gasteiger partial charge is 0.351 e. The van der Waals surface area contributed by atoms with Crippen molar-refractivity contribution in [3.63, 3.8) is 0 Å². The summed E-state index contributed by atoms with van der Waals surface area (Å²) in [7, 11) is 0. The smallest absolute Gasteiger partial charge is 0.224 e. The molecule has 0 saturated heterocycles. The molecule has 0 aliphatic rings. The molecule has 1 aromatic rings. The first-order chi connectivity index (χ1) is 7.32. The summed E-state index contributed by atoms with van der Waals surface area (Å²) in [5.41, 5.74) is 1.33. The van der Waals surface area contributed by atoms with E-state index in [1.807, 2.05) is 13.0 Å². The summed E-state index contributed by atoms with van der Waals surface area (Å²) in [5.74, 6) is 0.527. The van der Waals surface area contributed by atoms with Crippen LogP contribution in [0.15, 0.2) is 6.07 Å². The second kappa shape index (κ2) is 4.48. The van der Waals surface area contributed by atoms with E-state index in [9.17, 15) is 0 Å². The summed E-state index contributed by atoms with van der Waals surface area (Å²) < 4.78 is 0. The van der Waals surface area contributed by atoms with Crippen LogP contribution >= 0.6 is 0 Å². The van der Waals surface area contributed by atoms with E-state index in [1.165, 1.54) is 0 Å². The zero-order chi connectivity index (χ0) is 12.3. The number of rotatable bonds is 2. The summed E-state index contributed by atoms with van der Waals surface area (Å²) in [6, 6.07) is 3.94. The quantitative estimate of drug-likeness (QED) is 0.828. The third-order valence-corrected chi connectivity index (χ3v) is 2.61. The molecule has 0 fully saturated rings. The Balaban J connectivity index is 2.90. The highest BCUT2D eigenvalue weighted by Crippen LogP contribution is 2.21. The van der Waals surface area contributed by atoms with Crippen molar-refractivity contribution in [3.05, 3.63) is 17.5 Å². The standard InChI is InChI=1S/C12H18N4/c1-8-6-10(7-13)16-11(14-8)15-9(2)12(3,4)5/h6,9H,1-5H3,(H,14,15,16). The first kappa shape index (κ1) is 12.4. The van der Waals surface area contributed by atoms with Gasteiger partial charge in [-0.05, 0) is 25.3 Å². The minimum atomic E-state index is 0.125. The first-order valence-corrected chi connectivity index (χ1v) is 5.35. The molecule has 4 nitrogen and oxygen atoms in total. The van der Waals surface area contributed by atoms with Gasteiger partial charge in [-0.3, -0.25) is 0 Å². The fourth-order valence-corrected chi connectivity index (χ4v) is 1.10. The zero-order valence-corrected chi connectivity index (χ0v) is 10.5. The van der Waals surface area contributed by atoms with E-state index in [0.29, 0.717) is 11.6 Å². The lowest BCUT2D eigenvalue weighted by atomic mass is 9.88. The average Bonchev–Trinajstić information content (AvgIpc) is 2.15. The van der Waals surface area contributed by atoms with Crippen molar-refractivity contribution in [2.24, 2.45) is 5.41 Å². The molecule has 1 unspecified atom stereocenters. The molecule has 1 rings (SSSR count). The Morgan fingerprint density at radius 3 is 2.50 bits per heavy atom. The maximum absolute atomic E-state index is 8.81. The van der Waals surface area contributed by atoms with E-state index in [-0.39, 0.29) is 11.5 Å². The van der Waals surface area contributed by atoms with Gasteiger partial charge in [-0.2, -0.15) is 5.26 Å². The molecule has 16 heavy (non-hydrogen) atoms. The van der Waals surface area contributed by atoms with Crippen molar-refractivity contribution in [2.45, 2.75) is 40.7 Å². The summed E-state index contributed by atoms with van der Waals surface area (Å²) in [6.45, 7) is 10.4. The van der Waals surface area contributed by atoms with Gasteiger partial charge in [-0.15, -0.1) is 0 Å². The van der Waals surface area contributed by atoms with Crippen LogP contribution in [0.5, 0.6) is 0 Å². The minimum Gasteiger partial charge on any atom is -0.351 e. The van der Waals surface area contributed by atoms with Gasteiger partial charge in [0.25, 0.3) is 0 Å². The van der Waals surface area contributed by atoms with Gasteiger partial charge in [-0.1, -0.05) is 20.8 Å². The molecule has 0 saturated carbocycles. The van der Waals surface area contributed by atoms with Crippen molar-refractivity contribution >= 4 is 5.95 Å². The van der Waals surface area contributed by atoms with Gasteiger partial charge < -0.3 is 5.32 Å². The maximum Gasteiger partial charge on any atom is 0.224 e. The van der Waals surface area contributed by atoms with Gasteiger partial charge in [0, 0.05) is 11.7 Å². The second-order valence-electron chi connectivity index (χ2n) is 5.06. The molecule has 0 radical (unpaired) electrons. The van der Waals surface area contributed by atoms with Crippen LogP contribution in [0.2, 0.25) is 0 Å². The third-order valence-electron chi connectivity index (χ3n) is 2.61. The highest BCUT2D eigenvalue weighted by Gasteiger charge is 2.20. The van der Waals surface area contributed by atoms with Crippen LogP contribution in [0.4, 0.5) is 5.95 Å². The van der Waals surface area contributed by atoms with Gasteiger partial charge in [0.2, 0.25) is 5.95 Å². The SMILES string of the molecule is Cc1cc(C#N)nc(NC(C)C(C)(C)C)n1. The molecule has 1 aromatic heterocycles. The van der Waals surface area contributed by atoms with E-state index in [4.69, 9.17) is 5.26 Å². The summed E-state index contributed by atoms with van der Waals surface area (Å²) in [6.07, 6.45) is 0. The topological polar surface area (TPSA) is 61.6 Å². The van der Waals surface area contributed by atoms with Crippen LogP contribution < -0.4 is 5.32 Å². The van der Waals surface area contributed by atoms with Crippen LogP contribution in [0.1, 0.15) is 39.1 Å². The van der Waals surface area contributed by atoms with Crippen molar-refractivity contribution < 1.29 is 0 Å². The molecular weight excluding hydrogens is 200 g/mol. The zero-order valence-electron chi connectivity index (χ0n) is 10.5. The van der Waals surface area contributed by atoms with Crippen LogP contribution in [0, 0.1) is 23.7 Å². The minimum absolute atomic E-state index is 0.125. The predicted molar refractivity (Wildman–Crippen MR) is 64.0 cm³/mol. The van der Waals surface area contributed by atoms with Gasteiger partial charge >= 0.3 is 0 Å². The van der Waals surface area contributed by atoms with Gasteiger partial charge in [-0.25, -0.2) is 9.97 Å². The molecule has 86 valence electrons. The fourth-order valence-electron chi connectivity index (χ4n) is 1.10. The van der Waals surface area contributed by atoms with E-state index in [0.717, 1.165) is 5.69 Å². The average molecular weight is 218 g/mol. The van der Waals surface area contributed by atoms with Crippen LogP contribution in [-0.2, 0) is 0 Å². The fraction of sp³-hybridized carbons (Fsp3) is 0.583. The van der Waals surface area contributed by atoms with Crippen molar-refractivity contribution in [1.82, 2.24) is 9.97 Å². The summed E-state index contributed by atoms with van der Waals surface area (Å²) in [5, 5.41) is 12.0. The van der Waals surface area contributed by atoms with Crippen LogP contribution in [0.25, 0.3) is 0 Å². The lowest BCUT2D eigenvalue weighted by Gasteiger charge is -2.28. The number of hydrogen-bond donors (Lipinski definition) is 1. The lowest BCUT2D eigenvalue weighted by molar-refractivity contribution is 0.358. The number of nitriles is 1. The molecule has 0 bridgehead atoms. The van der Waals surface area contributed by atoms with Crippen molar-refractivity contribution in [2.75, 3.05) is 5.32 Å². The van der Waals surface area contributed by atoms with E-state index >= 15 is 0 Å². The second-order valence-corrected chi connectivity index (χ2v) is 5.06. The highest BCUT2D eigenvalue weighted by molar-refractivity contribution is 5.34. The molecule has 1 heterocycles.